The van der Waals surface area contributed by atoms with Gasteiger partial charge in [-0.05, 0) is 86.6 Å². The van der Waals surface area contributed by atoms with Gasteiger partial charge in [-0.2, -0.15) is 5.10 Å². The van der Waals surface area contributed by atoms with Crippen LogP contribution < -0.4 is 0 Å². The Bertz CT molecular complexity index is 1540. The molecule has 2 N–H and O–H groups in total. The van der Waals surface area contributed by atoms with Crippen LogP contribution in [0.3, 0.4) is 0 Å². The van der Waals surface area contributed by atoms with Crippen LogP contribution in [0.25, 0.3) is 33.6 Å². The van der Waals surface area contributed by atoms with Crippen molar-refractivity contribution < 1.29 is 4.39 Å². The second kappa shape index (κ2) is 11.2. The number of allylic oxidation sites excluding steroid dienone is 5. The predicted molar refractivity (Wildman–Crippen MR) is 153 cm³/mol. The second-order valence-corrected chi connectivity index (χ2v) is 9.12. The Morgan fingerprint density at radius 1 is 1.14 bits per heavy atom. The first-order chi connectivity index (χ1) is 17.8. The minimum atomic E-state index is -0.282. The quantitative estimate of drug-likeness (QED) is 0.245. The lowest BCUT2D eigenvalue weighted by Gasteiger charge is -2.11. The third kappa shape index (κ3) is 5.60. The van der Waals surface area contributed by atoms with Gasteiger partial charge in [-0.15, -0.1) is 0 Å². The Labute approximate surface area is 217 Å². The summed E-state index contributed by atoms with van der Waals surface area (Å²) in [6.45, 7) is 12.6. The number of rotatable bonds is 9. The number of aromatic amines is 2. The van der Waals surface area contributed by atoms with Crippen LogP contribution in [0.2, 0.25) is 0 Å². The second-order valence-electron chi connectivity index (χ2n) is 9.12. The molecule has 0 saturated carbocycles. The molecule has 1 aromatic carbocycles. The fourth-order valence-corrected chi connectivity index (χ4v) is 4.37. The minimum absolute atomic E-state index is 0.282. The van der Waals surface area contributed by atoms with Gasteiger partial charge < -0.3 is 9.88 Å². The Morgan fingerprint density at radius 3 is 2.62 bits per heavy atom. The molecule has 0 radical (unpaired) electrons. The summed E-state index contributed by atoms with van der Waals surface area (Å²) in [4.78, 5) is 10.5. The topological polar surface area (TPSA) is 60.6 Å². The molecule has 0 atom stereocenters. The normalized spacial score (nSPS) is 13.0. The van der Waals surface area contributed by atoms with E-state index in [2.05, 4.69) is 45.4 Å². The zero-order valence-corrected chi connectivity index (χ0v) is 21.8. The summed E-state index contributed by atoms with van der Waals surface area (Å²) < 4.78 is 14.0. The number of halogens is 1. The molecule has 0 spiro atoms. The van der Waals surface area contributed by atoms with Crippen molar-refractivity contribution in [2.45, 2.75) is 13.8 Å². The van der Waals surface area contributed by atoms with E-state index in [1.54, 1.807) is 12.1 Å². The van der Waals surface area contributed by atoms with Crippen molar-refractivity contribution in [3.8, 4) is 11.4 Å². The number of hydrogen-bond donors (Lipinski definition) is 2. The maximum Gasteiger partial charge on any atom is 0.135 e. The third-order valence-electron chi connectivity index (χ3n) is 6.10. The molecule has 37 heavy (non-hydrogen) atoms. The van der Waals surface area contributed by atoms with Gasteiger partial charge in [0.2, 0.25) is 0 Å². The van der Waals surface area contributed by atoms with Gasteiger partial charge in [0.1, 0.15) is 17.0 Å². The molecule has 0 unspecified atom stereocenters. The molecule has 0 fully saturated rings. The Morgan fingerprint density at radius 2 is 1.95 bits per heavy atom. The molecule has 188 valence electrons. The van der Waals surface area contributed by atoms with Gasteiger partial charge in [-0.1, -0.05) is 49.6 Å². The zero-order chi connectivity index (χ0) is 26.5. The maximum atomic E-state index is 14.0. The summed E-state index contributed by atoms with van der Waals surface area (Å²) in [6, 6.07) is 12.6. The highest BCUT2D eigenvalue weighted by Gasteiger charge is 2.17. The van der Waals surface area contributed by atoms with Crippen molar-refractivity contribution in [2.24, 2.45) is 0 Å². The van der Waals surface area contributed by atoms with Crippen molar-refractivity contribution in [2.75, 3.05) is 20.6 Å². The van der Waals surface area contributed by atoms with Crippen molar-refractivity contribution in [3.63, 3.8) is 0 Å². The molecule has 5 nitrogen and oxygen atoms in total. The number of nitrogens with zero attached hydrogens (tertiary/aromatic N) is 3. The van der Waals surface area contributed by atoms with Gasteiger partial charge >= 0.3 is 0 Å². The molecule has 0 bridgehead atoms. The lowest BCUT2D eigenvalue weighted by atomic mass is 9.97. The van der Waals surface area contributed by atoms with Crippen LogP contribution in [0.4, 0.5) is 4.39 Å². The number of pyridine rings is 1. The number of aryl methyl sites for hydroxylation is 1. The standard InChI is InChI=1S/C31H32FN5/c1-7-11-25(23-12-10-13-24(32)17-23)26-18-29(33-20(26)4)31-30-28(35-36-31)15-14-27(34-30)22(9-3)16-21(8-2)19-37(5)6/h7-18,33H,1-2,19H2,3-6H3,(H,35,36)/b21-16+,22-9+,25-11-. The first kappa shape index (κ1) is 25.8. The number of aromatic nitrogens is 4. The number of fused-ring (bicyclic) bond motifs is 1. The van der Waals surface area contributed by atoms with Crippen molar-refractivity contribution >= 4 is 22.2 Å². The Balaban J connectivity index is 1.78. The molecule has 0 aliphatic heterocycles. The summed E-state index contributed by atoms with van der Waals surface area (Å²) in [7, 11) is 4.07. The summed E-state index contributed by atoms with van der Waals surface area (Å²) in [5, 5.41) is 7.68. The monoisotopic (exact) mass is 493 g/mol. The average molecular weight is 494 g/mol. The summed E-state index contributed by atoms with van der Waals surface area (Å²) >= 11 is 0. The van der Waals surface area contributed by atoms with Gasteiger partial charge in [-0.3, -0.25) is 5.10 Å². The van der Waals surface area contributed by atoms with Gasteiger partial charge in [0, 0.05) is 17.8 Å². The van der Waals surface area contributed by atoms with Crippen LogP contribution in [0.5, 0.6) is 0 Å². The molecular formula is C31H32FN5. The Kier molecular flexibility index (Phi) is 7.80. The molecule has 0 saturated heterocycles. The fourth-order valence-electron chi connectivity index (χ4n) is 4.37. The van der Waals surface area contributed by atoms with Crippen molar-refractivity contribution in [1.29, 1.82) is 0 Å². The number of nitrogens with one attached hydrogen (secondary N) is 2. The van der Waals surface area contributed by atoms with E-state index in [1.807, 2.05) is 64.4 Å². The number of likely N-dealkylation sites (N-methyl/N-ethyl adjacent to an activating group) is 1. The molecule has 0 aliphatic carbocycles. The number of H-pyrrole nitrogens is 2. The van der Waals surface area contributed by atoms with Gasteiger partial charge in [0.05, 0.1) is 16.9 Å². The number of benzene rings is 1. The number of hydrogen-bond acceptors (Lipinski definition) is 3. The smallest absolute Gasteiger partial charge is 0.135 e. The van der Waals surface area contributed by atoms with Crippen molar-refractivity contribution in [3.05, 3.63) is 120 Å². The average Bonchev–Trinajstić information content (AvgIpc) is 3.47. The molecule has 4 aromatic rings. The highest BCUT2D eigenvalue weighted by atomic mass is 19.1. The van der Waals surface area contributed by atoms with Gasteiger partial charge in [0.25, 0.3) is 0 Å². The Hall–Kier alpha value is -4.29. The highest BCUT2D eigenvalue weighted by Crippen LogP contribution is 2.33. The predicted octanol–water partition coefficient (Wildman–Crippen LogP) is 7.10. The lowest BCUT2D eigenvalue weighted by Crippen LogP contribution is -2.14. The highest BCUT2D eigenvalue weighted by molar-refractivity contribution is 5.92. The van der Waals surface area contributed by atoms with E-state index >= 15 is 0 Å². The van der Waals surface area contributed by atoms with Crippen LogP contribution in [0, 0.1) is 12.7 Å². The first-order valence-electron chi connectivity index (χ1n) is 12.1. The largest absolute Gasteiger partial charge is 0.357 e. The molecule has 3 heterocycles. The molecule has 0 amide bonds. The molecule has 6 heteroatoms. The van der Waals surface area contributed by atoms with E-state index in [0.29, 0.717) is 0 Å². The van der Waals surface area contributed by atoms with E-state index in [0.717, 1.165) is 68.2 Å². The van der Waals surface area contributed by atoms with E-state index < -0.39 is 0 Å². The van der Waals surface area contributed by atoms with E-state index in [1.165, 1.54) is 12.1 Å². The molecule has 4 rings (SSSR count). The lowest BCUT2D eigenvalue weighted by molar-refractivity contribution is 0.449. The fraction of sp³-hybridized carbons (Fsp3) is 0.161. The molecule has 3 aromatic heterocycles. The summed E-state index contributed by atoms with van der Waals surface area (Å²) in [6.07, 6.45) is 9.65. The SMILES string of the molecule is C=C/C=C(/c1cccc(F)c1)c1cc(-c2n[nH]c3ccc(C(/C=C(\C=C)CN(C)C)=C/C)nc23)[nH]c1C. The summed E-state index contributed by atoms with van der Waals surface area (Å²) in [5.74, 6) is -0.282. The van der Waals surface area contributed by atoms with Crippen LogP contribution in [0.15, 0.2) is 91.6 Å². The maximum absolute atomic E-state index is 14.0. The third-order valence-corrected chi connectivity index (χ3v) is 6.10. The zero-order valence-electron chi connectivity index (χ0n) is 21.8. The molecular weight excluding hydrogens is 461 g/mol. The van der Waals surface area contributed by atoms with Crippen LogP contribution in [0.1, 0.15) is 29.4 Å². The summed E-state index contributed by atoms with van der Waals surface area (Å²) in [5.41, 5.74) is 9.68. The minimum Gasteiger partial charge on any atom is -0.357 e. The van der Waals surface area contributed by atoms with Crippen molar-refractivity contribution in [1.82, 2.24) is 25.1 Å². The van der Waals surface area contributed by atoms with Gasteiger partial charge in [0.15, 0.2) is 0 Å². The van der Waals surface area contributed by atoms with Crippen LogP contribution in [-0.4, -0.2) is 45.7 Å². The molecule has 0 aliphatic rings. The van der Waals surface area contributed by atoms with Gasteiger partial charge in [-0.25, -0.2) is 9.37 Å². The van der Waals surface area contributed by atoms with E-state index in [4.69, 9.17) is 4.98 Å². The van der Waals surface area contributed by atoms with Crippen LogP contribution in [-0.2, 0) is 0 Å². The van der Waals surface area contributed by atoms with E-state index in [-0.39, 0.29) is 5.82 Å². The van der Waals surface area contributed by atoms with Crippen LogP contribution >= 0.6 is 0 Å². The first-order valence-corrected chi connectivity index (χ1v) is 12.1. The van der Waals surface area contributed by atoms with E-state index in [9.17, 15) is 4.39 Å².